The molecule has 1 aromatic heterocycles. The number of hydrogen-bond donors (Lipinski definition) is 1. The molecule has 2 heterocycles. The summed E-state index contributed by atoms with van der Waals surface area (Å²) in [5.74, 6) is 0.914. The lowest BCUT2D eigenvalue weighted by Gasteiger charge is -2.23. The summed E-state index contributed by atoms with van der Waals surface area (Å²) in [5, 5.41) is 3.12. The predicted octanol–water partition coefficient (Wildman–Crippen LogP) is 7.06. The fourth-order valence-corrected chi connectivity index (χ4v) is 4.56. The number of pyridine rings is 1. The lowest BCUT2D eigenvalue weighted by Crippen LogP contribution is -2.25. The highest BCUT2D eigenvalue weighted by atomic mass is 16.5. The number of methoxy groups -OCH3 is 1. The molecule has 1 aromatic carbocycles. The largest absolute Gasteiger partial charge is 0.496 e. The number of carbonyl (C=O) groups is 1. The van der Waals surface area contributed by atoms with E-state index in [1.807, 2.05) is 52.0 Å². The zero-order valence-corrected chi connectivity index (χ0v) is 21.2. The van der Waals surface area contributed by atoms with Crippen LogP contribution in [0.1, 0.15) is 69.0 Å². The number of aryl methyl sites for hydroxylation is 1. The van der Waals surface area contributed by atoms with E-state index in [-0.39, 0.29) is 11.8 Å². The van der Waals surface area contributed by atoms with E-state index in [9.17, 15) is 4.79 Å². The molecule has 0 radical (unpaired) electrons. The fourth-order valence-electron chi connectivity index (χ4n) is 4.56. The van der Waals surface area contributed by atoms with E-state index in [0.717, 1.165) is 63.5 Å². The summed E-state index contributed by atoms with van der Waals surface area (Å²) in [5.41, 5.74) is 8.18. The standard InChI is InChI=1S/C28H30N2O2.C2H6/c1-5-9-19(10-6-2)25-16-22(20-13-14-26(32-4)18(3)15-20)23-17-27(31)29-24-12-8-7-11-21(24)28(23)30-25;1-2/h5,7-10,12-16,21H,6,11,17H2,1-4H3,(H,29,31);1-2H3/b9-5-,19-10+;. The van der Waals surface area contributed by atoms with Crippen molar-refractivity contribution in [2.75, 3.05) is 7.11 Å². The van der Waals surface area contributed by atoms with Crippen molar-refractivity contribution in [3.8, 4) is 16.9 Å². The summed E-state index contributed by atoms with van der Waals surface area (Å²) in [4.78, 5) is 18.0. The third-order valence-electron chi connectivity index (χ3n) is 6.04. The van der Waals surface area contributed by atoms with Crippen LogP contribution in [0.4, 0.5) is 0 Å². The second-order valence-corrected chi connectivity index (χ2v) is 8.23. The van der Waals surface area contributed by atoms with Crippen LogP contribution in [-0.2, 0) is 11.2 Å². The van der Waals surface area contributed by atoms with Crippen molar-refractivity contribution in [2.45, 2.75) is 59.8 Å². The molecule has 1 unspecified atom stereocenters. The van der Waals surface area contributed by atoms with Crippen molar-refractivity contribution in [3.05, 3.63) is 88.9 Å². The lowest BCUT2D eigenvalue weighted by atomic mass is 9.86. The SMILES string of the molecule is C/C=C\C(=C/CC)c1cc(-c2ccc(OC)c(C)c2)c2c(n1)C1CC=CC=C1NC(=O)C2.CC. The Morgan fingerprint density at radius 3 is 2.74 bits per heavy atom. The Labute approximate surface area is 204 Å². The van der Waals surface area contributed by atoms with Gasteiger partial charge in [-0.25, -0.2) is 0 Å². The van der Waals surface area contributed by atoms with Gasteiger partial charge in [0.2, 0.25) is 5.91 Å². The Kier molecular flexibility index (Phi) is 8.64. The second kappa shape index (κ2) is 11.6. The Morgan fingerprint density at radius 1 is 1.26 bits per heavy atom. The van der Waals surface area contributed by atoms with Crippen LogP contribution in [0.5, 0.6) is 5.75 Å². The van der Waals surface area contributed by atoms with Crippen molar-refractivity contribution in [1.29, 1.82) is 0 Å². The number of ether oxygens (including phenoxy) is 1. The zero-order valence-electron chi connectivity index (χ0n) is 21.2. The number of allylic oxidation sites excluding steroid dienone is 8. The summed E-state index contributed by atoms with van der Waals surface area (Å²) in [6, 6.07) is 8.35. The Morgan fingerprint density at radius 2 is 2.06 bits per heavy atom. The quantitative estimate of drug-likeness (QED) is 0.490. The van der Waals surface area contributed by atoms with Gasteiger partial charge in [-0.05, 0) is 78.8 Å². The number of benzene rings is 1. The minimum atomic E-state index is 0.00844. The van der Waals surface area contributed by atoms with Gasteiger partial charge < -0.3 is 10.1 Å². The molecule has 0 spiro atoms. The Hall–Kier alpha value is -3.40. The first-order valence-electron chi connectivity index (χ1n) is 12.2. The highest BCUT2D eigenvalue weighted by Gasteiger charge is 2.30. The number of hydrogen-bond acceptors (Lipinski definition) is 3. The number of aromatic nitrogens is 1. The number of nitrogens with one attached hydrogen (secondary N) is 1. The van der Waals surface area contributed by atoms with E-state index in [1.165, 1.54) is 0 Å². The molecule has 34 heavy (non-hydrogen) atoms. The Bertz CT molecular complexity index is 1170. The first kappa shape index (κ1) is 25.2. The van der Waals surface area contributed by atoms with Crippen molar-refractivity contribution in [1.82, 2.24) is 10.3 Å². The number of fused-ring (bicyclic) bond motifs is 3. The summed E-state index contributed by atoms with van der Waals surface area (Å²) in [7, 11) is 1.69. The first-order valence-corrected chi connectivity index (χ1v) is 12.2. The normalized spacial score (nSPS) is 17.1. The van der Waals surface area contributed by atoms with E-state index in [1.54, 1.807) is 7.11 Å². The van der Waals surface area contributed by atoms with Crippen LogP contribution in [-0.4, -0.2) is 18.0 Å². The van der Waals surface area contributed by atoms with Crippen LogP contribution in [0.25, 0.3) is 16.7 Å². The molecule has 1 atom stereocenters. The predicted molar refractivity (Wildman–Crippen MR) is 142 cm³/mol. The van der Waals surface area contributed by atoms with Gasteiger partial charge in [-0.1, -0.05) is 57.2 Å². The van der Waals surface area contributed by atoms with Crippen molar-refractivity contribution in [2.24, 2.45) is 0 Å². The molecule has 1 aliphatic heterocycles. The van der Waals surface area contributed by atoms with Gasteiger partial charge in [0.1, 0.15) is 5.75 Å². The molecule has 4 heteroatoms. The lowest BCUT2D eigenvalue weighted by molar-refractivity contribution is -0.119. The van der Waals surface area contributed by atoms with Crippen molar-refractivity contribution >= 4 is 11.5 Å². The summed E-state index contributed by atoms with van der Waals surface area (Å²) in [6.07, 6.45) is 14.6. The van der Waals surface area contributed by atoms with Crippen LogP contribution in [0.3, 0.4) is 0 Å². The minimum absolute atomic E-state index is 0.00844. The molecular formula is C30H36N2O2. The van der Waals surface area contributed by atoms with E-state index >= 15 is 0 Å². The van der Waals surface area contributed by atoms with E-state index in [0.29, 0.717) is 6.42 Å². The average Bonchev–Trinajstić information content (AvgIpc) is 3.00. The maximum atomic E-state index is 12.8. The summed E-state index contributed by atoms with van der Waals surface area (Å²) >= 11 is 0. The molecule has 0 saturated heterocycles. The second-order valence-electron chi connectivity index (χ2n) is 8.23. The number of rotatable bonds is 5. The maximum absolute atomic E-state index is 12.8. The molecule has 0 saturated carbocycles. The molecular weight excluding hydrogens is 420 g/mol. The van der Waals surface area contributed by atoms with Crippen LogP contribution in [0.15, 0.2) is 66.4 Å². The smallest absolute Gasteiger partial charge is 0.228 e. The van der Waals surface area contributed by atoms with E-state index in [4.69, 9.17) is 9.72 Å². The molecule has 0 fully saturated rings. The van der Waals surface area contributed by atoms with Crippen LogP contribution in [0, 0.1) is 6.92 Å². The van der Waals surface area contributed by atoms with Crippen LogP contribution < -0.4 is 10.1 Å². The molecule has 1 N–H and O–H groups in total. The molecule has 0 bridgehead atoms. The molecule has 4 nitrogen and oxygen atoms in total. The molecule has 1 amide bonds. The molecule has 178 valence electrons. The van der Waals surface area contributed by atoms with Crippen LogP contribution >= 0.6 is 0 Å². The first-order chi connectivity index (χ1) is 16.5. The van der Waals surface area contributed by atoms with Gasteiger partial charge in [-0.15, -0.1) is 0 Å². The highest BCUT2D eigenvalue weighted by Crippen LogP contribution is 2.39. The molecule has 1 aliphatic carbocycles. The zero-order chi connectivity index (χ0) is 24.7. The van der Waals surface area contributed by atoms with Gasteiger partial charge in [0.25, 0.3) is 0 Å². The maximum Gasteiger partial charge on any atom is 0.228 e. The third-order valence-corrected chi connectivity index (χ3v) is 6.04. The summed E-state index contributed by atoms with van der Waals surface area (Å²) in [6.45, 7) is 10.2. The molecule has 2 aliphatic rings. The van der Waals surface area contributed by atoms with Gasteiger partial charge in [-0.2, -0.15) is 0 Å². The minimum Gasteiger partial charge on any atom is -0.496 e. The fraction of sp³-hybridized carbons (Fsp3) is 0.333. The third kappa shape index (κ3) is 5.22. The topological polar surface area (TPSA) is 51.2 Å². The number of amides is 1. The van der Waals surface area contributed by atoms with Gasteiger partial charge in [0.15, 0.2) is 0 Å². The molecule has 4 rings (SSSR count). The highest BCUT2D eigenvalue weighted by molar-refractivity contribution is 5.87. The van der Waals surface area contributed by atoms with E-state index in [2.05, 4.69) is 48.7 Å². The summed E-state index contributed by atoms with van der Waals surface area (Å²) < 4.78 is 5.47. The number of nitrogens with zero attached hydrogens (tertiary/aromatic N) is 1. The number of carbonyl (C=O) groups excluding carboxylic acids is 1. The van der Waals surface area contributed by atoms with E-state index < -0.39 is 0 Å². The van der Waals surface area contributed by atoms with Gasteiger partial charge >= 0.3 is 0 Å². The molecule has 2 aromatic rings. The van der Waals surface area contributed by atoms with Crippen molar-refractivity contribution in [3.63, 3.8) is 0 Å². The monoisotopic (exact) mass is 456 g/mol. The van der Waals surface area contributed by atoms with Gasteiger partial charge in [-0.3, -0.25) is 9.78 Å². The Balaban J connectivity index is 0.00000158. The van der Waals surface area contributed by atoms with Gasteiger partial charge in [0, 0.05) is 11.6 Å². The van der Waals surface area contributed by atoms with Crippen molar-refractivity contribution < 1.29 is 9.53 Å². The van der Waals surface area contributed by atoms with Crippen LogP contribution in [0.2, 0.25) is 0 Å². The average molecular weight is 457 g/mol. The van der Waals surface area contributed by atoms with Gasteiger partial charge in [0.05, 0.1) is 24.9 Å².